The number of rotatable bonds is 2. The Morgan fingerprint density at radius 2 is 1.75 bits per heavy atom. The van der Waals surface area contributed by atoms with E-state index >= 15 is 0 Å². The molecular weight excluding hydrogens is 256 g/mol. The fourth-order valence-electron chi connectivity index (χ4n) is 1.92. The first kappa shape index (κ1) is 12.2. The standard InChI is InChI=1S/C15H12N2O3/c1-9-12(3-2-4-13(9)19)15-16-14(17-20-15)10-5-7-11(18)8-6-10/h2-8,18-19H,1H3. The lowest BCUT2D eigenvalue weighted by Gasteiger charge is -2.01. The zero-order chi connectivity index (χ0) is 14.1. The molecule has 0 bridgehead atoms. The summed E-state index contributed by atoms with van der Waals surface area (Å²) in [6, 6.07) is 11.7. The van der Waals surface area contributed by atoms with E-state index in [1.54, 1.807) is 43.3 Å². The van der Waals surface area contributed by atoms with Crippen molar-refractivity contribution in [3.63, 3.8) is 0 Å². The third-order valence-electron chi connectivity index (χ3n) is 3.09. The smallest absolute Gasteiger partial charge is 0.258 e. The molecule has 0 aliphatic carbocycles. The third-order valence-corrected chi connectivity index (χ3v) is 3.09. The van der Waals surface area contributed by atoms with Gasteiger partial charge in [0.1, 0.15) is 11.5 Å². The van der Waals surface area contributed by atoms with Crippen molar-refractivity contribution in [2.45, 2.75) is 6.92 Å². The first-order valence-corrected chi connectivity index (χ1v) is 6.07. The highest BCUT2D eigenvalue weighted by Crippen LogP contribution is 2.29. The SMILES string of the molecule is Cc1c(O)cccc1-c1nc(-c2ccc(O)cc2)no1. The Kier molecular flexibility index (Phi) is 2.87. The molecule has 0 aliphatic heterocycles. The predicted molar refractivity (Wildman–Crippen MR) is 73.2 cm³/mol. The maximum absolute atomic E-state index is 9.70. The molecule has 1 aromatic heterocycles. The summed E-state index contributed by atoms with van der Waals surface area (Å²) in [7, 11) is 0. The highest BCUT2D eigenvalue weighted by atomic mass is 16.5. The molecule has 0 fully saturated rings. The summed E-state index contributed by atoms with van der Waals surface area (Å²) >= 11 is 0. The van der Waals surface area contributed by atoms with E-state index in [1.165, 1.54) is 0 Å². The van der Waals surface area contributed by atoms with Gasteiger partial charge < -0.3 is 14.7 Å². The van der Waals surface area contributed by atoms with Gasteiger partial charge in [0.05, 0.1) is 0 Å². The summed E-state index contributed by atoms with van der Waals surface area (Å²) < 4.78 is 5.24. The molecule has 0 radical (unpaired) electrons. The molecule has 0 amide bonds. The Balaban J connectivity index is 2.02. The summed E-state index contributed by atoms with van der Waals surface area (Å²) in [6.45, 7) is 1.79. The average molecular weight is 268 g/mol. The van der Waals surface area contributed by atoms with E-state index in [0.29, 0.717) is 22.8 Å². The van der Waals surface area contributed by atoms with Crippen LogP contribution in [0.2, 0.25) is 0 Å². The van der Waals surface area contributed by atoms with Crippen molar-refractivity contribution in [3.05, 3.63) is 48.0 Å². The molecule has 100 valence electrons. The molecule has 0 spiro atoms. The number of hydrogen-bond acceptors (Lipinski definition) is 5. The normalized spacial score (nSPS) is 10.7. The van der Waals surface area contributed by atoms with Crippen molar-refractivity contribution in [2.75, 3.05) is 0 Å². The Labute approximate surface area is 115 Å². The van der Waals surface area contributed by atoms with Gasteiger partial charge in [-0.05, 0) is 43.3 Å². The van der Waals surface area contributed by atoms with Crippen molar-refractivity contribution in [2.24, 2.45) is 0 Å². The topological polar surface area (TPSA) is 79.4 Å². The second-order valence-electron chi connectivity index (χ2n) is 4.42. The van der Waals surface area contributed by atoms with Gasteiger partial charge in [-0.25, -0.2) is 0 Å². The monoisotopic (exact) mass is 268 g/mol. The van der Waals surface area contributed by atoms with Crippen molar-refractivity contribution in [1.82, 2.24) is 10.1 Å². The zero-order valence-corrected chi connectivity index (χ0v) is 10.7. The first-order chi connectivity index (χ1) is 9.65. The highest BCUT2D eigenvalue weighted by Gasteiger charge is 2.14. The largest absolute Gasteiger partial charge is 0.508 e. The second kappa shape index (κ2) is 4.70. The molecule has 0 saturated heterocycles. The molecule has 5 nitrogen and oxygen atoms in total. The van der Waals surface area contributed by atoms with Crippen LogP contribution in [0.1, 0.15) is 5.56 Å². The molecule has 0 saturated carbocycles. The van der Waals surface area contributed by atoms with Crippen molar-refractivity contribution >= 4 is 0 Å². The van der Waals surface area contributed by atoms with Crippen LogP contribution in [0.15, 0.2) is 47.0 Å². The van der Waals surface area contributed by atoms with Crippen LogP contribution in [-0.4, -0.2) is 20.4 Å². The maximum Gasteiger partial charge on any atom is 0.258 e. The van der Waals surface area contributed by atoms with Crippen LogP contribution in [0.25, 0.3) is 22.8 Å². The van der Waals surface area contributed by atoms with E-state index in [2.05, 4.69) is 10.1 Å². The summed E-state index contributed by atoms with van der Waals surface area (Å²) in [4.78, 5) is 4.31. The van der Waals surface area contributed by atoms with E-state index in [1.807, 2.05) is 6.07 Å². The van der Waals surface area contributed by atoms with Crippen molar-refractivity contribution in [3.8, 4) is 34.3 Å². The summed E-state index contributed by atoms with van der Waals surface area (Å²) in [5.74, 6) is 1.15. The van der Waals surface area contributed by atoms with Crippen LogP contribution in [-0.2, 0) is 0 Å². The molecule has 0 atom stereocenters. The third kappa shape index (κ3) is 2.09. The molecule has 3 rings (SSSR count). The van der Waals surface area contributed by atoms with Crippen LogP contribution in [0.4, 0.5) is 0 Å². The molecule has 20 heavy (non-hydrogen) atoms. The molecule has 1 heterocycles. The van der Waals surface area contributed by atoms with Crippen molar-refractivity contribution < 1.29 is 14.7 Å². The maximum atomic E-state index is 9.70. The lowest BCUT2D eigenvalue weighted by atomic mass is 10.1. The van der Waals surface area contributed by atoms with Gasteiger partial charge in [0.25, 0.3) is 5.89 Å². The summed E-state index contributed by atoms with van der Waals surface area (Å²) in [6.07, 6.45) is 0. The molecule has 2 N–H and O–H groups in total. The van der Waals surface area contributed by atoms with Gasteiger partial charge in [0, 0.05) is 16.7 Å². The van der Waals surface area contributed by atoms with Crippen LogP contribution in [0, 0.1) is 6.92 Å². The molecule has 0 aliphatic rings. The molecular formula is C15H12N2O3. The number of nitrogens with zero attached hydrogens (tertiary/aromatic N) is 2. The number of phenolic OH excluding ortho intramolecular Hbond substituents is 2. The van der Waals surface area contributed by atoms with E-state index < -0.39 is 0 Å². The minimum Gasteiger partial charge on any atom is -0.508 e. The van der Waals surface area contributed by atoms with Gasteiger partial charge in [0.2, 0.25) is 5.82 Å². The molecule has 2 aromatic carbocycles. The van der Waals surface area contributed by atoms with Gasteiger partial charge in [0.15, 0.2) is 0 Å². The van der Waals surface area contributed by atoms with Crippen LogP contribution in [0.5, 0.6) is 11.5 Å². The first-order valence-electron chi connectivity index (χ1n) is 6.07. The van der Waals surface area contributed by atoms with Gasteiger partial charge in [-0.15, -0.1) is 0 Å². The Morgan fingerprint density at radius 1 is 1.00 bits per heavy atom. The van der Waals surface area contributed by atoms with Gasteiger partial charge >= 0.3 is 0 Å². The average Bonchev–Trinajstić information content (AvgIpc) is 2.92. The van der Waals surface area contributed by atoms with Gasteiger partial charge in [-0.2, -0.15) is 4.98 Å². The quantitative estimate of drug-likeness (QED) is 0.746. The number of phenols is 2. The van der Waals surface area contributed by atoms with E-state index in [4.69, 9.17) is 4.52 Å². The van der Waals surface area contributed by atoms with Crippen LogP contribution in [0.3, 0.4) is 0 Å². The molecule has 3 aromatic rings. The summed E-state index contributed by atoms with van der Waals surface area (Å²) in [5.41, 5.74) is 2.13. The van der Waals surface area contributed by atoms with Crippen LogP contribution >= 0.6 is 0 Å². The second-order valence-corrected chi connectivity index (χ2v) is 4.42. The number of aromatic nitrogens is 2. The van der Waals surface area contributed by atoms with Crippen molar-refractivity contribution in [1.29, 1.82) is 0 Å². The number of benzene rings is 2. The Bertz CT molecular complexity index is 748. The van der Waals surface area contributed by atoms with E-state index in [0.717, 1.165) is 5.56 Å². The minimum atomic E-state index is 0.182. The van der Waals surface area contributed by atoms with E-state index in [-0.39, 0.29) is 11.5 Å². The number of aromatic hydroxyl groups is 2. The minimum absolute atomic E-state index is 0.182. The summed E-state index contributed by atoms with van der Waals surface area (Å²) in [5, 5.41) is 22.9. The Morgan fingerprint density at radius 3 is 2.50 bits per heavy atom. The molecule has 0 unspecified atom stereocenters. The highest BCUT2D eigenvalue weighted by molar-refractivity contribution is 5.64. The van der Waals surface area contributed by atoms with E-state index in [9.17, 15) is 10.2 Å². The Hall–Kier alpha value is -2.82. The number of hydrogen-bond donors (Lipinski definition) is 2. The lowest BCUT2D eigenvalue weighted by Crippen LogP contribution is -1.84. The van der Waals surface area contributed by atoms with Crippen LogP contribution < -0.4 is 0 Å². The van der Waals surface area contributed by atoms with Gasteiger partial charge in [-0.1, -0.05) is 11.2 Å². The van der Waals surface area contributed by atoms with Gasteiger partial charge in [-0.3, -0.25) is 0 Å². The molecule has 5 heteroatoms. The fraction of sp³-hybridized carbons (Fsp3) is 0.0667. The lowest BCUT2D eigenvalue weighted by molar-refractivity contribution is 0.430. The fourth-order valence-corrected chi connectivity index (χ4v) is 1.92. The zero-order valence-electron chi connectivity index (χ0n) is 10.7. The predicted octanol–water partition coefficient (Wildman–Crippen LogP) is 3.12.